The molecule has 20 heavy (non-hydrogen) atoms. The van der Waals surface area contributed by atoms with Crippen LogP contribution in [-0.4, -0.2) is 39.3 Å². The first-order valence-corrected chi connectivity index (χ1v) is 6.86. The summed E-state index contributed by atoms with van der Waals surface area (Å²) in [6, 6.07) is 5.91. The minimum Gasteiger partial charge on any atom is -0.483 e. The van der Waals surface area contributed by atoms with Crippen LogP contribution in [-0.2, 0) is 16.0 Å². The molecule has 0 aliphatic heterocycles. The van der Waals surface area contributed by atoms with Crippen molar-refractivity contribution in [2.75, 3.05) is 33.4 Å². The largest absolute Gasteiger partial charge is 0.483 e. The van der Waals surface area contributed by atoms with E-state index < -0.39 is 0 Å². The molecule has 3 N–H and O–H groups in total. The standard InChI is InChI=1S/C15H24N2O3/c1-12-5-3-6-13(7-8-16)15(12)20-11-14(18)17-9-4-10-19-2/h3,5-6H,4,7-11,16H2,1-2H3,(H,17,18). The van der Waals surface area contributed by atoms with E-state index in [1.165, 1.54) is 0 Å². The van der Waals surface area contributed by atoms with Gasteiger partial charge in [-0.05, 0) is 37.4 Å². The van der Waals surface area contributed by atoms with E-state index in [1.807, 2.05) is 25.1 Å². The van der Waals surface area contributed by atoms with Gasteiger partial charge in [0, 0.05) is 20.3 Å². The summed E-state index contributed by atoms with van der Waals surface area (Å²) in [4.78, 5) is 11.7. The van der Waals surface area contributed by atoms with Crippen molar-refractivity contribution in [3.05, 3.63) is 29.3 Å². The second-order valence-electron chi connectivity index (χ2n) is 4.59. The van der Waals surface area contributed by atoms with E-state index in [-0.39, 0.29) is 12.5 Å². The zero-order valence-electron chi connectivity index (χ0n) is 12.3. The van der Waals surface area contributed by atoms with Crippen LogP contribution in [0.15, 0.2) is 18.2 Å². The highest BCUT2D eigenvalue weighted by molar-refractivity contribution is 5.77. The lowest BCUT2D eigenvalue weighted by Gasteiger charge is -2.13. The Balaban J connectivity index is 2.46. The molecule has 0 aromatic heterocycles. The van der Waals surface area contributed by atoms with Crippen molar-refractivity contribution in [2.24, 2.45) is 5.73 Å². The number of methoxy groups -OCH3 is 1. The van der Waals surface area contributed by atoms with Crippen LogP contribution in [0.25, 0.3) is 0 Å². The monoisotopic (exact) mass is 280 g/mol. The van der Waals surface area contributed by atoms with E-state index in [1.54, 1.807) is 7.11 Å². The fourth-order valence-corrected chi connectivity index (χ4v) is 1.91. The number of hydrogen-bond acceptors (Lipinski definition) is 4. The number of amides is 1. The van der Waals surface area contributed by atoms with Crippen LogP contribution in [0.4, 0.5) is 0 Å². The molecule has 0 aliphatic rings. The lowest BCUT2D eigenvalue weighted by atomic mass is 10.1. The van der Waals surface area contributed by atoms with Crippen LogP contribution in [0.2, 0.25) is 0 Å². The van der Waals surface area contributed by atoms with Crippen LogP contribution >= 0.6 is 0 Å². The highest BCUT2D eigenvalue weighted by atomic mass is 16.5. The Bertz CT molecular complexity index is 422. The zero-order valence-corrected chi connectivity index (χ0v) is 12.3. The predicted octanol–water partition coefficient (Wildman–Crippen LogP) is 1.03. The Morgan fingerprint density at radius 3 is 2.90 bits per heavy atom. The van der Waals surface area contributed by atoms with Gasteiger partial charge in [0.25, 0.3) is 5.91 Å². The summed E-state index contributed by atoms with van der Waals surface area (Å²) in [5.74, 6) is 0.646. The molecule has 0 saturated heterocycles. The number of hydrogen-bond donors (Lipinski definition) is 2. The van der Waals surface area contributed by atoms with Gasteiger partial charge >= 0.3 is 0 Å². The molecule has 0 radical (unpaired) electrons. The zero-order chi connectivity index (χ0) is 14.8. The summed E-state index contributed by atoms with van der Waals surface area (Å²) in [6.07, 6.45) is 1.54. The molecule has 0 fully saturated rings. The van der Waals surface area contributed by atoms with Crippen molar-refractivity contribution in [2.45, 2.75) is 19.8 Å². The van der Waals surface area contributed by atoms with Crippen LogP contribution in [0, 0.1) is 6.92 Å². The molecule has 0 bridgehead atoms. The topological polar surface area (TPSA) is 73.6 Å². The molecule has 0 heterocycles. The highest BCUT2D eigenvalue weighted by Gasteiger charge is 2.08. The summed E-state index contributed by atoms with van der Waals surface area (Å²) >= 11 is 0. The van der Waals surface area contributed by atoms with E-state index >= 15 is 0 Å². The number of ether oxygens (including phenoxy) is 2. The minimum atomic E-state index is -0.122. The summed E-state index contributed by atoms with van der Waals surface area (Å²) in [5, 5.41) is 2.79. The number of para-hydroxylation sites is 1. The van der Waals surface area contributed by atoms with Crippen molar-refractivity contribution < 1.29 is 14.3 Å². The first-order chi connectivity index (χ1) is 9.69. The molecule has 0 aliphatic carbocycles. The van der Waals surface area contributed by atoms with Gasteiger partial charge in [-0.1, -0.05) is 18.2 Å². The number of aryl methyl sites for hydroxylation is 1. The highest BCUT2D eigenvalue weighted by Crippen LogP contribution is 2.23. The molecule has 5 heteroatoms. The van der Waals surface area contributed by atoms with Crippen LogP contribution in [0.3, 0.4) is 0 Å². The van der Waals surface area contributed by atoms with Crippen molar-refractivity contribution in [1.82, 2.24) is 5.32 Å². The SMILES string of the molecule is COCCCNC(=O)COc1c(C)cccc1CCN. The van der Waals surface area contributed by atoms with Crippen LogP contribution in [0.5, 0.6) is 5.75 Å². The fraction of sp³-hybridized carbons (Fsp3) is 0.533. The van der Waals surface area contributed by atoms with Gasteiger partial charge in [-0.2, -0.15) is 0 Å². The number of carbonyl (C=O) groups is 1. The van der Waals surface area contributed by atoms with E-state index in [0.717, 1.165) is 29.7 Å². The summed E-state index contributed by atoms with van der Waals surface area (Å²) in [6.45, 7) is 3.78. The lowest BCUT2D eigenvalue weighted by Crippen LogP contribution is -2.30. The van der Waals surface area contributed by atoms with E-state index in [2.05, 4.69) is 5.32 Å². The van der Waals surface area contributed by atoms with Crippen molar-refractivity contribution in [3.63, 3.8) is 0 Å². The van der Waals surface area contributed by atoms with Gasteiger partial charge in [-0.25, -0.2) is 0 Å². The summed E-state index contributed by atoms with van der Waals surface area (Å²) in [7, 11) is 1.64. The third-order valence-electron chi connectivity index (χ3n) is 2.90. The third-order valence-corrected chi connectivity index (χ3v) is 2.90. The maximum Gasteiger partial charge on any atom is 0.257 e. The van der Waals surface area contributed by atoms with Crippen molar-refractivity contribution >= 4 is 5.91 Å². The molecule has 0 saturated carbocycles. The van der Waals surface area contributed by atoms with Crippen molar-refractivity contribution in [3.8, 4) is 5.75 Å². The van der Waals surface area contributed by atoms with Gasteiger partial charge in [0.2, 0.25) is 0 Å². The number of nitrogens with one attached hydrogen (secondary N) is 1. The number of benzene rings is 1. The molecule has 0 atom stereocenters. The first-order valence-electron chi connectivity index (χ1n) is 6.86. The maximum absolute atomic E-state index is 11.7. The number of rotatable bonds is 9. The molecule has 0 spiro atoms. The van der Waals surface area contributed by atoms with Gasteiger partial charge in [0.05, 0.1) is 0 Å². The second-order valence-corrected chi connectivity index (χ2v) is 4.59. The van der Waals surface area contributed by atoms with Gasteiger partial charge in [-0.15, -0.1) is 0 Å². The smallest absolute Gasteiger partial charge is 0.257 e. The normalized spacial score (nSPS) is 10.3. The van der Waals surface area contributed by atoms with Crippen molar-refractivity contribution in [1.29, 1.82) is 0 Å². The Morgan fingerprint density at radius 1 is 1.40 bits per heavy atom. The molecule has 1 aromatic rings. The Labute approximate surface area is 120 Å². The summed E-state index contributed by atoms with van der Waals surface area (Å²) in [5.41, 5.74) is 7.64. The Kier molecular flexibility index (Phi) is 7.69. The molecule has 112 valence electrons. The average Bonchev–Trinajstić information content (AvgIpc) is 2.43. The van der Waals surface area contributed by atoms with Gasteiger partial charge in [0.1, 0.15) is 5.75 Å². The summed E-state index contributed by atoms with van der Waals surface area (Å²) < 4.78 is 10.6. The Hall–Kier alpha value is -1.59. The second kappa shape index (κ2) is 9.34. The first kappa shape index (κ1) is 16.5. The number of carbonyl (C=O) groups excluding carboxylic acids is 1. The fourth-order valence-electron chi connectivity index (χ4n) is 1.91. The molecule has 1 rings (SSSR count). The van der Waals surface area contributed by atoms with Crippen LogP contribution < -0.4 is 15.8 Å². The lowest BCUT2D eigenvalue weighted by molar-refractivity contribution is -0.123. The molecular formula is C15H24N2O3. The minimum absolute atomic E-state index is 0.0232. The van der Waals surface area contributed by atoms with Gasteiger partial charge < -0.3 is 20.5 Å². The molecule has 1 aromatic carbocycles. The molecule has 0 unspecified atom stereocenters. The predicted molar refractivity (Wildman–Crippen MR) is 78.9 cm³/mol. The van der Waals surface area contributed by atoms with E-state index in [9.17, 15) is 4.79 Å². The average molecular weight is 280 g/mol. The van der Waals surface area contributed by atoms with Crippen LogP contribution in [0.1, 0.15) is 17.5 Å². The Morgan fingerprint density at radius 2 is 2.20 bits per heavy atom. The quantitative estimate of drug-likeness (QED) is 0.663. The molecule has 1 amide bonds. The molecule has 5 nitrogen and oxygen atoms in total. The van der Waals surface area contributed by atoms with E-state index in [0.29, 0.717) is 19.7 Å². The van der Waals surface area contributed by atoms with Gasteiger partial charge in [0.15, 0.2) is 6.61 Å². The van der Waals surface area contributed by atoms with Gasteiger partial charge in [-0.3, -0.25) is 4.79 Å². The maximum atomic E-state index is 11.7. The number of nitrogens with two attached hydrogens (primary N) is 1. The molecular weight excluding hydrogens is 256 g/mol. The van der Waals surface area contributed by atoms with E-state index in [4.69, 9.17) is 15.2 Å². The third kappa shape index (κ3) is 5.59.